The summed E-state index contributed by atoms with van der Waals surface area (Å²) in [6, 6.07) is 14.6. The van der Waals surface area contributed by atoms with Crippen LogP contribution in [0.5, 0.6) is 0 Å². The molecule has 1 fully saturated rings. The Labute approximate surface area is 155 Å². The summed E-state index contributed by atoms with van der Waals surface area (Å²) >= 11 is 0. The number of aromatic nitrogens is 2. The molecule has 27 heavy (non-hydrogen) atoms. The maximum atomic E-state index is 12.6. The predicted octanol–water partition coefficient (Wildman–Crippen LogP) is 3.24. The summed E-state index contributed by atoms with van der Waals surface area (Å²) in [6.45, 7) is 0.521. The molecule has 0 spiro atoms. The fourth-order valence-corrected chi connectivity index (χ4v) is 3.29. The van der Waals surface area contributed by atoms with Crippen molar-refractivity contribution in [1.29, 1.82) is 0 Å². The van der Waals surface area contributed by atoms with Gasteiger partial charge in [0, 0.05) is 36.0 Å². The molecule has 1 heterocycles. The molecule has 0 saturated heterocycles. The van der Waals surface area contributed by atoms with Crippen molar-refractivity contribution in [3.63, 3.8) is 0 Å². The number of carbonyl (C=O) groups excluding carboxylic acids is 1. The minimum Gasteiger partial charge on any atom is -0.351 e. The van der Waals surface area contributed by atoms with E-state index in [1.165, 1.54) is 18.0 Å². The molecular weight excluding hydrogens is 344 g/mol. The molecule has 3 aromatic rings. The third kappa shape index (κ3) is 3.31. The summed E-state index contributed by atoms with van der Waals surface area (Å²) in [5.74, 6) is -0.308. The molecule has 1 N–H and O–H groups in total. The van der Waals surface area contributed by atoms with E-state index in [2.05, 4.69) is 22.4 Å². The molecule has 1 aliphatic carbocycles. The van der Waals surface area contributed by atoms with E-state index >= 15 is 0 Å². The molecule has 0 atom stereocenters. The Balaban J connectivity index is 1.53. The first-order chi connectivity index (χ1) is 13.1. The van der Waals surface area contributed by atoms with Crippen LogP contribution in [-0.2, 0) is 5.41 Å². The number of nitrogens with one attached hydrogen (secondary N) is 1. The van der Waals surface area contributed by atoms with Crippen LogP contribution in [0, 0.1) is 10.1 Å². The van der Waals surface area contributed by atoms with E-state index < -0.39 is 4.92 Å². The van der Waals surface area contributed by atoms with Crippen LogP contribution >= 0.6 is 0 Å². The number of nitro groups is 1. The molecule has 1 saturated carbocycles. The Morgan fingerprint density at radius 3 is 2.63 bits per heavy atom. The Morgan fingerprint density at radius 1 is 1.22 bits per heavy atom. The van der Waals surface area contributed by atoms with Gasteiger partial charge in [0.2, 0.25) is 0 Å². The maximum absolute atomic E-state index is 12.6. The van der Waals surface area contributed by atoms with Gasteiger partial charge >= 0.3 is 0 Å². The monoisotopic (exact) mass is 362 g/mol. The molecule has 0 bridgehead atoms. The zero-order valence-electron chi connectivity index (χ0n) is 14.5. The highest BCUT2D eigenvalue weighted by molar-refractivity contribution is 5.95. The number of nitro benzene ring substituents is 1. The van der Waals surface area contributed by atoms with E-state index in [-0.39, 0.29) is 22.6 Å². The highest BCUT2D eigenvalue weighted by Gasteiger charge is 2.44. The lowest BCUT2D eigenvalue weighted by atomic mass is 9.96. The SMILES string of the molecule is O=C(NCC1(c2ccccc2)CC1)c1ccc(-n2ccnc2)c([N+](=O)[O-])c1. The van der Waals surface area contributed by atoms with E-state index in [0.717, 1.165) is 12.8 Å². The topological polar surface area (TPSA) is 90.1 Å². The first-order valence-electron chi connectivity index (χ1n) is 8.70. The fourth-order valence-electron chi connectivity index (χ4n) is 3.29. The van der Waals surface area contributed by atoms with Gasteiger partial charge in [0.25, 0.3) is 11.6 Å². The van der Waals surface area contributed by atoms with Gasteiger partial charge in [-0.15, -0.1) is 0 Å². The van der Waals surface area contributed by atoms with Gasteiger partial charge < -0.3 is 9.88 Å². The second-order valence-corrected chi connectivity index (χ2v) is 6.76. The predicted molar refractivity (Wildman–Crippen MR) is 99.9 cm³/mol. The number of hydrogen-bond acceptors (Lipinski definition) is 4. The van der Waals surface area contributed by atoms with Gasteiger partial charge in [-0.2, -0.15) is 0 Å². The smallest absolute Gasteiger partial charge is 0.294 e. The van der Waals surface area contributed by atoms with Crippen LogP contribution in [-0.4, -0.2) is 26.9 Å². The van der Waals surface area contributed by atoms with Gasteiger partial charge in [0.05, 0.1) is 11.3 Å². The van der Waals surface area contributed by atoms with E-state index in [0.29, 0.717) is 12.2 Å². The van der Waals surface area contributed by atoms with Crippen molar-refractivity contribution in [2.24, 2.45) is 0 Å². The molecule has 0 unspecified atom stereocenters. The Kier molecular flexibility index (Phi) is 4.19. The Morgan fingerprint density at radius 2 is 2.00 bits per heavy atom. The minimum atomic E-state index is -0.488. The Hall–Kier alpha value is -3.48. The van der Waals surface area contributed by atoms with Crippen LogP contribution < -0.4 is 5.32 Å². The van der Waals surface area contributed by atoms with Crippen molar-refractivity contribution in [2.45, 2.75) is 18.3 Å². The molecule has 1 aliphatic rings. The first kappa shape index (κ1) is 17.0. The van der Waals surface area contributed by atoms with Crippen molar-refractivity contribution in [3.05, 3.63) is 88.5 Å². The molecule has 7 heteroatoms. The summed E-state index contributed by atoms with van der Waals surface area (Å²) < 4.78 is 1.55. The number of carbonyl (C=O) groups is 1. The molecule has 4 rings (SSSR count). The molecule has 1 aromatic heterocycles. The van der Waals surface area contributed by atoms with Crippen LogP contribution in [0.4, 0.5) is 5.69 Å². The quantitative estimate of drug-likeness (QED) is 0.538. The summed E-state index contributed by atoms with van der Waals surface area (Å²) in [6.07, 6.45) is 6.70. The number of imidazole rings is 1. The lowest BCUT2D eigenvalue weighted by Crippen LogP contribution is -2.32. The average molecular weight is 362 g/mol. The van der Waals surface area contributed by atoms with Gasteiger partial charge in [0.15, 0.2) is 0 Å². The molecule has 1 amide bonds. The third-order valence-electron chi connectivity index (χ3n) is 5.04. The van der Waals surface area contributed by atoms with Crippen molar-refractivity contribution in [3.8, 4) is 5.69 Å². The van der Waals surface area contributed by atoms with Gasteiger partial charge in [-0.3, -0.25) is 14.9 Å². The van der Waals surface area contributed by atoms with E-state index in [1.807, 2.05) is 18.2 Å². The van der Waals surface area contributed by atoms with Crippen LogP contribution in [0.15, 0.2) is 67.3 Å². The zero-order chi connectivity index (χ0) is 18.9. The molecule has 0 radical (unpaired) electrons. The average Bonchev–Trinajstić information content (AvgIpc) is 3.30. The van der Waals surface area contributed by atoms with Crippen molar-refractivity contribution < 1.29 is 9.72 Å². The third-order valence-corrected chi connectivity index (χ3v) is 5.04. The molecule has 136 valence electrons. The summed E-state index contributed by atoms with van der Waals surface area (Å²) in [7, 11) is 0. The Bertz CT molecular complexity index is 980. The van der Waals surface area contributed by atoms with Gasteiger partial charge in [-0.05, 0) is 30.5 Å². The standard InChI is InChI=1S/C20H18N4O3/c25-19(22-13-20(8-9-20)16-4-2-1-3-5-16)15-6-7-17(18(12-15)24(26)27)23-11-10-21-14-23/h1-7,10-12,14H,8-9,13H2,(H,22,25). The van der Waals surface area contributed by atoms with E-state index in [1.54, 1.807) is 29.1 Å². The van der Waals surface area contributed by atoms with Crippen LogP contribution in [0.25, 0.3) is 5.69 Å². The molecular formula is C20H18N4O3. The van der Waals surface area contributed by atoms with Gasteiger partial charge in [-0.25, -0.2) is 4.98 Å². The number of rotatable bonds is 6. The van der Waals surface area contributed by atoms with Crippen molar-refractivity contribution in [1.82, 2.24) is 14.9 Å². The van der Waals surface area contributed by atoms with E-state index in [9.17, 15) is 14.9 Å². The number of hydrogen-bond donors (Lipinski definition) is 1. The minimum absolute atomic E-state index is 0.0143. The number of amides is 1. The lowest BCUT2D eigenvalue weighted by molar-refractivity contribution is -0.384. The summed E-state index contributed by atoms with van der Waals surface area (Å²) in [5.41, 5.74) is 1.71. The molecule has 2 aromatic carbocycles. The van der Waals surface area contributed by atoms with Crippen LogP contribution in [0.2, 0.25) is 0 Å². The van der Waals surface area contributed by atoms with E-state index in [4.69, 9.17) is 0 Å². The van der Waals surface area contributed by atoms with Gasteiger partial charge in [0.1, 0.15) is 5.69 Å². The first-order valence-corrected chi connectivity index (χ1v) is 8.70. The second-order valence-electron chi connectivity index (χ2n) is 6.76. The number of benzene rings is 2. The lowest BCUT2D eigenvalue weighted by Gasteiger charge is -2.16. The normalized spacial score (nSPS) is 14.5. The summed E-state index contributed by atoms with van der Waals surface area (Å²) in [5, 5.41) is 14.4. The maximum Gasteiger partial charge on any atom is 0.294 e. The van der Waals surface area contributed by atoms with Crippen LogP contribution in [0.1, 0.15) is 28.8 Å². The van der Waals surface area contributed by atoms with Crippen molar-refractivity contribution >= 4 is 11.6 Å². The second kappa shape index (κ2) is 6.68. The van der Waals surface area contributed by atoms with Crippen LogP contribution in [0.3, 0.4) is 0 Å². The molecule has 0 aliphatic heterocycles. The van der Waals surface area contributed by atoms with Gasteiger partial charge in [-0.1, -0.05) is 30.3 Å². The zero-order valence-corrected chi connectivity index (χ0v) is 14.5. The fraction of sp³-hybridized carbons (Fsp3) is 0.200. The van der Waals surface area contributed by atoms with Crippen molar-refractivity contribution in [2.75, 3.05) is 6.54 Å². The number of nitrogens with zero attached hydrogens (tertiary/aromatic N) is 3. The molecule has 7 nitrogen and oxygen atoms in total. The summed E-state index contributed by atoms with van der Waals surface area (Å²) in [4.78, 5) is 27.4. The highest BCUT2D eigenvalue weighted by Crippen LogP contribution is 2.47. The highest BCUT2D eigenvalue weighted by atomic mass is 16.6. The largest absolute Gasteiger partial charge is 0.351 e.